The van der Waals surface area contributed by atoms with Crippen molar-refractivity contribution in [3.63, 3.8) is 0 Å². The summed E-state index contributed by atoms with van der Waals surface area (Å²) in [7, 11) is 0. The molecule has 1 saturated heterocycles. The molecular formula is C15H29NO. The van der Waals surface area contributed by atoms with Crippen molar-refractivity contribution in [2.75, 3.05) is 6.61 Å². The summed E-state index contributed by atoms with van der Waals surface area (Å²) in [5.74, 6) is 1.53. The SMILES string of the molecule is CC(C)CC(C)NC1C2CCCOC2C1(C)C. The molecule has 4 atom stereocenters. The molecule has 0 aromatic carbocycles. The number of rotatable bonds is 4. The molecule has 2 heteroatoms. The van der Waals surface area contributed by atoms with Gasteiger partial charge in [0.25, 0.3) is 0 Å². The van der Waals surface area contributed by atoms with Crippen LogP contribution in [0.1, 0.15) is 53.9 Å². The Morgan fingerprint density at radius 3 is 2.65 bits per heavy atom. The normalized spacial score (nSPS) is 37.4. The third-order valence-electron chi connectivity index (χ3n) is 4.62. The van der Waals surface area contributed by atoms with Gasteiger partial charge < -0.3 is 10.1 Å². The topological polar surface area (TPSA) is 21.3 Å². The first-order valence-corrected chi connectivity index (χ1v) is 7.30. The van der Waals surface area contributed by atoms with Gasteiger partial charge in [0.1, 0.15) is 0 Å². The third kappa shape index (κ3) is 2.53. The van der Waals surface area contributed by atoms with Crippen molar-refractivity contribution in [3.8, 4) is 0 Å². The summed E-state index contributed by atoms with van der Waals surface area (Å²) in [6.45, 7) is 12.6. The van der Waals surface area contributed by atoms with Crippen molar-refractivity contribution in [2.24, 2.45) is 17.3 Å². The van der Waals surface area contributed by atoms with Crippen molar-refractivity contribution >= 4 is 0 Å². The molecule has 1 aliphatic heterocycles. The molecule has 100 valence electrons. The highest BCUT2D eigenvalue weighted by Gasteiger charge is 2.57. The maximum atomic E-state index is 5.95. The van der Waals surface area contributed by atoms with Crippen LogP contribution >= 0.6 is 0 Å². The Morgan fingerprint density at radius 2 is 2.00 bits per heavy atom. The second kappa shape index (κ2) is 4.89. The van der Waals surface area contributed by atoms with Crippen LogP contribution in [-0.4, -0.2) is 24.8 Å². The third-order valence-corrected chi connectivity index (χ3v) is 4.62. The predicted molar refractivity (Wildman–Crippen MR) is 72.1 cm³/mol. The van der Waals surface area contributed by atoms with Gasteiger partial charge in [-0.2, -0.15) is 0 Å². The quantitative estimate of drug-likeness (QED) is 0.813. The van der Waals surface area contributed by atoms with Crippen LogP contribution in [0.25, 0.3) is 0 Å². The van der Waals surface area contributed by atoms with E-state index in [1.54, 1.807) is 0 Å². The minimum atomic E-state index is 0.316. The summed E-state index contributed by atoms with van der Waals surface area (Å²) in [6, 6.07) is 1.28. The van der Waals surface area contributed by atoms with Crippen molar-refractivity contribution in [3.05, 3.63) is 0 Å². The van der Waals surface area contributed by atoms with E-state index in [1.165, 1.54) is 19.3 Å². The molecule has 2 fully saturated rings. The first kappa shape index (κ1) is 13.4. The lowest BCUT2D eigenvalue weighted by Crippen LogP contribution is -2.70. The van der Waals surface area contributed by atoms with Gasteiger partial charge >= 0.3 is 0 Å². The molecule has 0 amide bonds. The maximum absolute atomic E-state index is 5.95. The smallest absolute Gasteiger partial charge is 0.0684 e. The van der Waals surface area contributed by atoms with Crippen molar-refractivity contribution in [1.29, 1.82) is 0 Å². The van der Waals surface area contributed by atoms with Gasteiger partial charge in [-0.3, -0.25) is 0 Å². The monoisotopic (exact) mass is 239 g/mol. The molecule has 17 heavy (non-hydrogen) atoms. The number of hydrogen-bond acceptors (Lipinski definition) is 2. The first-order valence-electron chi connectivity index (χ1n) is 7.30. The van der Waals surface area contributed by atoms with Gasteiger partial charge in [-0.05, 0) is 32.1 Å². The Morgan fingerprint density at radius 1 is 1.29 bits per heavy atom. The summed E-state index contributed by atoms with van der Waals surface area (Å²) >= 11 is 0. The number of fused-ring (bicyclic) bond motifs is 1. The van der Waals surface area contributed by atoms with Gasteiger partial charge in [0.2, 0.25) is 0 Å². The molecule has 2 aliphatic rings. The lowest BCUT2D eigenvalue weighted by atomic mass is 9.55. The number of hydrogen-bond donors (Lipinski definition) is 1. The predicted octanol–water partition coefficient (Wildman–Crippen LogP) is 3.21. The molecule has 1 aliphatic carbocycles. The number of ether oxygens (including phenoxy) is 1. The second-order valence-corrected chi connectivity index (χ2v) is 7.09. The molecule has 2 rings (SSSR count). The van der Waals surface area contributed by atoms with E-state index in [2.05, 4.69) is 39.9 Å². The van der Waals surface area contributed by atoms with Crippen LogP contribution in [0.4, 0.5) is 0 Å². The van der Waals surface area contributed by atoms with E-state index in [4.69, 9.17) is 4.74 Å². The molecular weight excluding hydrogens is 210 g/mol. The summed E-state index contributed by atoms with van der Waals surface area (Å²) in [4.78, 5) is 0. The van der Waals surface area contributed by atoms with Gasteiger partial charge in [0.15, 0.2) is 0 Å². The molecule has 0 aromatic heterocycles. The fourth-order valence-corrected chi connectivity index (χ4v) is 3.94. The Bertz CT molecular complexity index is 262. The van der Waals surface area contributed by atoms with Gasteiger partial charge in [-0.1, -0.05) is 27.7 Å². The van der Waals surface area contributed by atoms with Gasteiger partial charge in [-0.15, -0.1) is 0 Å². The van der Waals surface area contributed by atoms with E-state index >= 15 is 0 Å². The highest BCUT2D eigenvalue weighted by molar-refractivity contribution is 5.10. The zero-order valence-electron chi connectivity index (χ0n) is 12.1. The minimum absolute atomic E-state index is 0.316. The molecule has 0 spiro atoms. The van der Waals surface area contributed by atoms with Gasteiger partial charge in [0, 0.05) is 30.0 Å². The van der Waals surface area contributed by atoms with Crippen LogP contribution in [0.2, 0.25) is 0 Å². The van der Waals surface area contributed by atoms with Gasteiger partial charge in [0.05, 0.1) is 6.10 Å². The van der Waals surface area contributed by atoms with E-state index < -0.39 is 0 Å². The average molecular weight is 239 g/mol. The molecule has 1 saturated carbocycles. The molecule has 4 unspecified atom stereocenters. The van der Waals surface area contributed by atoms with Crippen LogP contribution in [0.15, 0.2) is 0 Å². The largest absolute Gasteiger partial charge is 0.377 e. The van der Waals surface area contributed by atoms with Crippen LogP contribution < -0.4 is 5.32 Å². The summed E-state index contributed by atoms with van der Waals surface area (Å²) < 4.78 is 5.95. The van der Waals surface area contributed by atoms with E-state index in [9.17, 15) is 0 Å². The molecule has 2 nitrogen and oxygen atoms in total. The van der Waals surface area contributed by atoms with E-state index in [-0.39, 0.29) is 0 Å². The Hall–Kier alpha value is -0.0800. The van der Waals surface area contributed by atoms with Crippen LogP contribution in [0.3, 0.4) is 0 Å². The molecule has 1 heterocycles. The Labute approximate surface area is 107 Å². The molecule has 0 radical (unpaired) electrons. The van der Waals surface area contributed by atoms with E-state index in [0.717, 1.165) is 18.4 Å². The Kier molecular flexibility index (Phi) is 3.84. The van der Waals surface area contributed by atoms with E-state index in [1.807, 2.05) is 0 Å². The zero-order chi connectivity index (χ0) is 12.6. The molecule has 0 bridgehead atoms. The number of nitrogens with one attached hydrogen (secondary N) is 1. The van der Waals surface area contributed by atoms with Crippen molar-refractivity contribution in [1.82, 2.24) is 5.32 Å². The molecule has 0 aromatic rings. The summed E-state index contributed by atoms with van der Waals surface area (Å²) in [6.07, 6.45) is 4.36. The second-order valence-electron chi connectivity index (χ2n) is 7.09. The standard InChI is InChI=1S/C15H29NO/c1-10(2)9-11(3)16-13-12-7-6-8-17-14(12)15(13,4)5/h10-14,16H,6-9H2,1-5H3. The van der Waals surface area contributed by atoms with Crippen molar-refractivity contribution < 1.29 is 4.74 Å². The summed E-state index contributed by atoms with van der Waals surface area (Å²) in [5.41, 5.74) is 0.316. The minimum Gasteiger partial charge on any atom is -0.377 e. The lowest BCUT2D eigenvalue weighted by Gasteiger charge is -2.60. The fourth-order valence-electron chi connectivity index (χ4n) is 3.94. The highest BCUT2D eigenvalue weighted by atomic mass is 16.5. The summed E-state index contributed by atoms with van der Waals surface area (Å²) in [5, 5.41) is 3.86. The van der Waals surface area contributed by atoms with Crippen LogP contribution in [0, 0.1) is 17.3 Å². The zero-order valence-corrected chi connectivity index (χ0v) is 12.1. The van der Waals surface area contributed by atoms with Crippen LogP contribution in [-0.2, 0) is 4.74 Å². The highest BCUT2D eigenvalue weighted by Crippen LogP contribution is 2.51. The van der Waals surface area contributed by atoms with E-state index in [0.29, 0.717) is 23.6 Å². The average Bonchev–Trinajstić information content (AvgIpc) is 2.25. The van der Waals surface area contributed by atoms with Gasteiger partial charge in [-0.25, -0.2) is 0 Å². The maximum Gasteiger partial charge on any atom is 0.0684 e. The molecule has 1 N–H and O–H groups in total. The first-order chi connectivity index (χ1) is 7.93. The fraction of sp³-hybridized carbons (Fsp3) is 1.00. The lowest BCUT2D eigenvalue weighted by molar-refractivity contribution is -0.194. The van der Waals surface area contributed by atoms with Crippen LogP contribution in [0.5, 0.6) is 0 Å². The Balaban J connectivity index is 1.91. The van der Waals surface area contributed by atoms with Crippen molar-refractivity contribution in [2.45, 2.75) is 72.1 Å².